The lowest BCUT2D eigenvalue weighted by Crippen LogP contribution is -2.27. The molecule has 0 amide bonds. The van der Waals surface area contributed by atoms with Crippen molar-refractivity contribution < 1.29 is 12.8 Å². The predicted molar refractivity (Wildman–Crippen MR) is 77.6 cm³/mol. The second-order valence-electron chi connectivity index (χ2n) is 4.32. The highest BCUT2D eigenvalue weighted by atomic mass is 32.2. The van der Waals surface area contributed by atoms with E-state index in [-0.39, 0.29) is 10.6 Å². The lowest BCUT2D eigenvalue weighted by Gasteiger charge is -2.20. The second-order valence-corrected chi connectivity index (χ2v) is 6.25. The van der Waals surface area contributed by atoms with Gasteiger partial charge in [-0.1, -0.05) is 6.07 Å². The van der Waals surface area contributed by atoms with Gasteiger partial charge in [0.25, 0.3) is 10.0 Å². The van der Waals surface area contributed by atoms with Crippen LogP contribution in [0.25, 0.3) is 0 Å². The molecule has 0 radical (unpaired) electrons. The van der Waals surface area contributed by atoms with Gasteiger partial charge in [-0.15, -0.1) is 0 Å². The zero-order valence-electron chi connectivity index (χ0n) is 11.1. The number of nitriles is 1. The third-order valence-electron chi connectivity index (χ3n) is 2.95. The van der Waals surface area contributed by atoms with E-state index in [1.165, 1.54) is 13.1 Å². The van der Waals surface area contributed by atoms with Crippen LogP contribution in [-0.2, 0) is 10.0 Å². The summed E-state index contributed by atoms with van der Waals surface area (Å²) in [6, 6.07) is 11.2. The number of hydrogen-bond acceptors (Lipinski definition) is 4. The van der Waals surface area contributed by atoms with Gasteiger partial charge in [0.1, 0.15) is 10.7 Å². The monoisotopic (exact) mass is 305 g/mol. The molecule has 21 heavy (non-hydrogen) atoms. The summed E-state index contributed by atoms with van der Waals surface area (Å²) in [4.78, 5) is -0.186. The third kappa shape index (κ3) is 2.80. The normalized spacial score (nSPS) is 10.9. The molecule has 7 heteroatoms. The van der Waals surface area contributed by atoms with Crippen molar-refractivity contribution in [1.82, 2.24) is 0 Å². The maximum absolute atomic E-state index is 13.0. The van der Waals surface area contributed by atoms with Crippen LogP contribution in [0.1, 0.15) is 5.56 Å². The fourth-order valence-electron chi connectivity index (χ4n) is 1.81. The van der Waals surface area contributed by atoms with Gasteiger partial charge in [-0.25, -0.2) is 12.8 Å². The summed E-state index contributed by atoms with van der Waals surface area (Å²) in [6.07, 6.45) is 0. The number of sulfonamides is 1. The number of anilines is 2. The Morgan fingerprint density at radius 1 is 1.24 bits per heavy atom. The molecular weight excluding hydrogens is 293 g/mol. The number of benzene rings is 2. The predicted octanol–water partition coefficient (Wildman–Crippen LogP) is 2.10. The van der Waals surface area contributed by atoms with Gasteiger partial charge in [0.2, 0.25) is 0 Å². The first-order valence-corrected chi connectivity index (χ1v) is 7.34. The summed E-state index contributed by atoms with van der Waals surface area (Å²) < 4.78 is 39.0. The minimum Gasteiger partial charge on any atom is -0.398 e. The molecular formula is C14H12FN3O2S. The lowest BCUT2D eigenvalue weighted by atomic mass is 10.2. The van der Waals surface area contributed by atoms with Crippen LogP contribution in [0.3, 0.4) is 0 Å². The molecule has 2 rings (SSSR count). The van der Waals surface area contributed by atoms with Gasteiger partial charge < -0.3 is 5.73 Å². The summed E-state index contributed by atoms with van der Waals surface area (Å²) in [5.41, 5.74) is 6.07. The van der Waals surface area contributed by atoms with Gasteiger partial charge in [-0.2, -0.15) is 5.26 Å². The molecule has 2 aromatic rings. The number of nitrogen functional groups attached to an aromatic ring is 1. The SMILES string of the molecule is CN(c1cccc(C#N)c1)S(=O)(=O)c1ccc(F)cc1N. The molecule has 0 heterocycles. The Labute approximate surface area is 122 Å². The Bertz CT molecular complexity index is 828. The van der Waals surface area contributed by atoms with Crippen molar-refractivity contribution in [2.75, 3.05) is 17.1 Å². The molecule has 0 saturated carbocycles. The first kappa shape index (κ1) is 14.8. The van der Waals surface area contributed by atoms with Gasteiger partial charge in [0.15, 0.2) is 0 Å². The quantitative estimate of drug-likeness (QED) is 0.880. The average molecular weight is 305 g/mol. The fourth-order valence-corrected chi connectivity index (χ4v) is 3.09. The molecule has 2 N–H and O–H groups in total. The molecule has 0 aliphatic heterocycles. The highest BCUT2D eigenvalue weighted by Gasteiger charge is 2.24. The van der Waals surface area contributed by atoms with Gasteiger partial charge >= 0.3 is 0 Å². The van der Waals surface area contributed by atoms with Crippen molar-refractivity contribution in [2.45, 2.75) is 4.90 Å². The van der Waals surface area contributed by atoms with Crippen LogP contribution in [0, 0.1) is 17.1 Å². The Hall–Kier alpha value is -2.59. The average Bonchev–Trinajstić information content (AvgIpc) is 2.46. The van der Waals surface area contributed by atoms with E-state index < -0.39 is 15.8 Å². The molecule has 0 aliphatic carbocycles. The molecule has 2 aromatic carbocycles. The molecule has 0 atom stereocenters. The summed E-state index contributed by atoms with van der Waals surface area (Å²) in [5, 5.41) is 8.86. The topological polar surface area (TPSA) is 87.2 Å². The van der Waals surface area contributed by atoms with E-state index in [9.17, 15) is 12.8 Å². The number of rotatable bonds is 3. The van der Waals surface area contributed by atoms with E-state index >= 15 is 0 Å². The smallest absolute Gasteiger partial charge is 0.266 e. The van der Waals surface area contributed by atoms with E-state index in [1.807, 2.05) is 6.07 Å². The molecule has 0 aliphatic rings. The molecule has 0 bridgehead atoms. The molecule has 0 unspecified atom stereocenters. The third-order valence-corrected chi connectivity index (χ3v) is 4.81. The highest BCUT2D eigenvalue weighted by molar-refractivity contribution is 7.93. The Morgan fingerprint density at radius 3 is 2.57 bits per heavy atom. The van der Waals surface area contributed by atoms with Crippen molar-refractivity contribution in [2.24, 2.45) is 0 Å². The fraction of sp³-hybridized carbons (Fsp3) is 0.0714. The van der Waals surface area contributed by atoms with Crippen molar-refractivity contribution >= 4 is 21.4 Å². The van der Waals surface area contributed by atoms with Crippen LogP contribution < -0.4 is 10.0 Å². The number of nitrogens with zero attached hydrogens (tertiary/aromatic N) is 2. The number of hydrogen-bond donors (Lipinski definition) is 1. The van der Waals surface area contributed by atoms with Gasteiger partial charge in [0, 0.05) is 7.05 Å². The molecule has 5 nitrogen and oxygen atoms in total. The van der Waals surface area contributed by atoms with Crippen LogP contribution in [0.2, 0.25) is 0 Å². The maximum atomic E-state index is 13.0. The van der Waals surface area contributed by atoms with Crippen molar-refractivity contribution in [1.29, 1.82) is 5.26 Å². The van der Waals surface area contributed by atoms with E-state index in [1.54, 1.807) is 18.2 Å². The molecule has 0 spiro atoms. The minimum atomic E-state index is -3.93. The van der Waals surface area contributed by atoms with Crippen molar-refractivity contribution in [3.05, 3.63) is 53.8 Å². The molecule has 0 fully saturated rings. The summed E-state index contributed by atoms with van der Waals surface area (Å²) in [6.45, 7) is 0. The highest BCUT2D eigenvalue weighted by Crippen LogP contribution is 2.26. The molecule has 0 saturated heterocycles. The van der Waals surface area contributed by atoms with Gasteiger partial charge in [-0.3, -0.25) is 4.31 Å². The first-order valence-electron chi connectivity index (χ1n) is 5.90. The van der Waals surface area contributed by atoms with E-state index in [0.717, 1.165) is 22.5 Å². The zero-order valence-corrected chi connectivity index (χ0v) is 11.9. The first-order chi connectivity index (χ1) is 9.86. The van der Waals surface area contributed by atoms with Crippen molar-refractivity contribution in [3.63, 3.8) is 0 Å². The molecule has 108 valence electrons. The number of halogens is 1. The summed E-state index contributed by atoms with van der Waals surface area (Å²) in [7, 11) is -2.59. The lowest BCUT2D eigenvalue weighted by molar-refractivity contribution is 0.593. The van der Waals surface area contributed by atoms with E-state index in [2.05, 4.69) is 0 Å². The summed E-state index contributed by atoms with van der Waals surface area (Å²) in [5.74, 6) is -0.611. The van der Waals surface area contributed by atoms with Crippen molar-refractivity contribution in [3.8, 4) is 6.07 Å². The van der Waals surface area contributed by atoms with Gasteiger partial charge in [0.05, 0.1) is 23.0 Å². The van der Waals surface area contributed by atoms with Crippen LogP contribution in [-0.4, -0.2) is 15.5 Å². The van der Waals surface area contributed by atoms with E-state index in [0.29, 0.717) is 11.3 Å². The Morgan fingerprint density at radius 2 is 1.95 bits per heavy atom. The number of nitrogens with two attached hydrogens (primary N) is 1. The second kappa shape index (κ2) is 5.42. The standard InChI is InChI=1S/C14H12FN3O2S/c1-18(12-4-2-3-10(7-12)9-16)21(19,20)14-6-5-11(15)8-13(14)17/h2-8H,17H2,1H3. The molecule has 0 aromatic heterocycles. The van der Waals surface area contributed by atoms with Crippen LogP contribution in [0.15, 0.2) is 47.4 Å². The Kier molecular flexibility index (Phi) is 3.82. The van der Waals surface area contributed by atoms with Gasteiger partial charge in [-0.05, 0) is 36.4 Å². The minimum absolute atomic E-state index is 0.168. The van der Waals surface area contributed by atoms with Crippen LogP contribution in [0.4, 0.5) is 15.8 Å². The summed E-state index contributed by atoms with van der Waals surface area (Å²) >= 11 is 0. The Balaban J connectivity index is 2.50. The van der Waals surface area contributed by atoms with Crippen LogP contribution >= 0.6 is 0 Å². The maximum Gasteiger partial charge on any atom is 0.266 e. The van der Waals surface area contributed by atoms with E-state index in [4.69, 9.17) is 11.0 Å². The zero-order chi connectivity index (χ0) is 15.6. The van der Waals surface area contributed by atoms with Crippen LogP contribution in [0.5, 0.6) is 0 Å². The largest absolute Gasteiger partial charge is 0.398 e.